The molecule has 0 heterocycles. The summed E-state index contributed by atoms with van der Waals surface area (Å²) in [5.41, 5.74) is 1.68. The Balaban J connectivity index is 1.99. The van der Waals surface area contributed by atoms with Gasteiger partial charge in [0.25, 0.3) is 5.91 Å². The van der Waals surface area contributed by atoms with E-state index >= 15 is 0 Å². The van der Waals surface area contributed by atoms with Crippen molar-refractivity contribution in [1.82, 2.24) is 0 Å². The molecule has 0 radical (unpaired) electrons. The molecule has 7 heteroatoms. The molecule has 0 fully saturated rings. The molecule has 1 amide bonds. The van der Waals surface area contributed by atoms with Gasteiger partial charge in [0.1, 0.15) is 5.75 Å². The summed E-state index contributed by atoms with van der Waals surface area (Å²) in [6, 6.07) is 13.3. The van der Waals surface area contributed by atoms with Crippen LogP contribution in [-0.2, 0) is 20.2 Å². The summed E-state index contributed by atoms with van der Waals surface area (Å²) in [7, 11) is -3.76. The highest BCUT2D eigenvalue weighted by Gasteiger charge is 2.17. The second kappa shape index (κ2) is 7.47. The lowest BCUT2D eigenvalue weighted by molar-refractivity contribution is -0.122. The van der Waals surface area contributed by atoms with Crippen molar-refractivity contribution in [2.75, 3.05) is 5.32 Å². The lowest BCUT2D eigenvalue weighted by Gasteiger charge is -2.20. The fourth-order valence-electron chi connectivity index (χ4n) is 2.26. The fraction of sp³-hybridized carbons (Fsp3) is 0.316. The second-order valence-corrected chi connectivity index (χ2v) is 8.65. The molecule has 0 saturated carbocycles. The third-order valence-electron chi connectivity index (χ3n) is 3.85. The van der Waals surface area contributed by atoms with E-state index in [1.165, 1.54) is 29.8 Å². The van der Waals surface area contributed by atoms with Gasteiger partial charge in [-0.2, -0.15) is 0 Å². The molecule has 0 aliphatic carbocycles. The smallest absolute Gasteiger partial charge is 0.265 e. The number of rotatable bonds is 5. The first-order valence-electron chi connectivity index (χ1n) is 8.18. The summed E-state index contributed by atoms with van der Waals surface area (Å²) in [4.78, 5) is 12.2. The first-order valence-corrected chi connectivity index (χ1v) is 9.72. The lowest BCUT2D eigenvalue weighted by Crippen LogP contribution is -2.30. The zero-order valence-corrected chi connectivity index (χ0v) is 16.1. The molecule has 140 valence electrons. The number of ether oxygens (including phenoxy) is 1. The zero-order chi connectivity index (χ0) is 19.5. The van der Waals surface area contributed by atoms with Crippen LogP contribution in [0.3, 0.4) is 0 Å². The minimum atomic E-state index is -3.76. The minimum absolute atomic E-state index is 0.0151. The Kier molecular flexibility index (Phi) is 5.73. The van der Waals surface area contributed by atoms with E-state index in [1.807, 2.05) is 24.3 Å². The van der Waals surface area contributed by atoms with Crippen LogP contribution in [0.4, 0.5) is 5.69 Å². The first-order chi connectivity index (χ1) is 12.0. The molecule has 2 aromatic rings. The number of amides is 1. The predicted molar refractivity (Wildman–Crippen MR) is 102 cm³/mol. The Labute approximate surface area is 154 Å². The first kappa shape index (κ1) is 19.9. The van der Waals surface area contributed by atoms with Gasteiger partial charge in [-0.1, -0.05) is 32.9 Å². The molecule has 0 bridgehead atoms. The highest BCUT2D eigenvalue weighted by Crippen LogP contribution is 2.24. The molecule has 6 nitrogen and oxygen atoms in total. The number of primary sulfonamides is 1. The lowest BCUT2D eigenvalue weighted by atomic mass is 9.87. The summed E-state index contributed by atoms with van der Waals surface area (Å²) >= 11 is 0. The Morgan fingerprint density at radius 1 is 1.04 bits per heavy atom. The number of carbonyl (C=O) groups is 1. The van der Waals surface area contributed by atoms with Crippen molar-refractivity contribution < 1.29 is 17.9 Å². The Morgan fingerprint density at radius 2 is 1.58 bits per heavy atom. The maximum absolute atomic E-state index is 12.2. The molecular weight excluding hydrogens is 352 g/mol. The topological polar surface area (TPSA) is 98.5 Å². The molecule has 1 atom stereocenters. The highest BCUT2D eigenvalue weighted by atomic mass is 32.2. The van der Waals surface area contributed by atoms with Crippen molar-refractivity contribution in [3.05, 3.63) is 54.1 Å². The van der Waals surface area contributed by atoms with Crippen molar-refractivity contribution in [1.29, 1.82) is 0 Å². The molecule has 2 rings (SSSR count). The third kappa shape index (κ3) is 5.31. The van der Waals surface area contributed by atoms with Gasteiger partial charge in [-0.25, -0.2) is 13.6 Å². The molecule has 26 heavy (non-hydrogen) atoms. The van der Waals surface area contributed by atoms with E-state index < -0.39 is 16.1 Å². The number of benzene rings is 2. The highest BCUT2D eigenvalue weighted by molar-refractivity contribution is 7.89. The Hall–Kier alpha value is -2.38. The van der Waals surface area contributed by atoms with Crippen LogP contribution in [0.2, 0.25) is 0 Å². The van der Waals surface area contributed by atoms with E-state index in [1.54, 1.807) is 6.92 Å². The maximum Gasteiger partial charge on any atom is 0.265 e. The van der Waals surface area contributed by atoms with Crippen molar-refractivity contribution in [3.8, 4) is 5.75 Å². The van der Waals surface area contributed by atoms with Gasteiger partial charge >= 0.3 is 0 Å². The fourth-order valence-corrected chi connectivity index (χ4v) is 2.78. The van der Waals surface area contributed by atoms with E-state index in [4.69, 9.17) is 9.88 Å². The van der Waals surface area contributed by atoms with E-state index in [9.17, 15) is 13.2 Å². The number of anilines is 1. The number of hydrogen-bond donors (Lipinski definition) is 2. The quantitative estimate of drug-likeness (QED) is 0.838. The standard InChI is InChI=1S/C19H24N2O4S/c1-13(25-16-9-5-14(6-10-16)19(2,3)4)18(22)21-15-7-11-17(12-8-15)26(20,23)24/h5-13H,1-4H3,(H,21,22)(H2,20,23,24). The van der Waals surface area contributed by atoms with Gasteiger partial charge in [-0.3, -0.25) is 4.79 Å². The van der Waals surface area contributed by atoms with Crippen LogP contribution in [0.25, 0.3) is 0 Å². The van der Waals surface area contributed by atoms with Gasteiger partial charge in [0.05, 0.1) is 4.90 Å². The molecule has 1 unspecified atom stereocenters. The molecule has 3 N–H and O–H groups in total. The van der Waals surface area contributed by atoms with Crippen LogP contribution in [-0.4, -0.2) is 20.4 Å². The number of sulfonamides is 1. The number of hydrogen-bond acceptors (Lipinski definition) is 4. The molecular formula is C19H24N2O4S. The van der Waals surface area contributed by atoms with E-state index in [-0.39, 0.29) is 16.2 Å². The largest absolute Gasteiger partial charge is 0.481 e. The van der Waals surface area contributed by atoms with Crippen LogP contribution in [0.1, 0.15) is 33.3 Å². The van der Waals surface area contributed by atoms with Gasteiger partial charge in [0.15, 0.2) is 6.10 Å². The van der Waals surface area contributed by atoms with Crippen LogP contribution in [0.15, 0.2) is 53.4 Å². The number of carbonyl (C=O) groups excluding carboxylic acids is 1. The van der Waals surface area contributed by atoms with E-state index in [0.717, 1.165) is 0 Å². The van der Waals surface area contributed by atoms with E-state index in [2.05, 4.69) is 26.1 Å². The molecule has 0 saturated heterocycles. The molecule has 0 aliphatic rings. The molecule has 2 aromatic carbocycles. The summed E-state index contributed by atoms with van der Waals surface area (Å²) in [6.45, 7) is 8.02. The van der Waals surface area contributed by atoms with Gasteiger partial charge in [-0.15, -0.1) is 0 Å². The van der Waals surface area contributed by atoms with Crippen molar-refractivity contribution in [2.45, 2.75) is 44.1 Å². The van der Waals surface area contributed by atoms with Crippen LogP contribution < -0.4 is 15.2 Å². The van der Waals surface area contributed by atoms with Crippen molar-refractivity contribution >= 4 is 21.6 Å². The monoisotopic (exact) mass is 376 g/mol. The summed E-state index contributed by atoms with van der Waals surface area (Å²) in [5.74, 6) is 0.262. The average molecular weight is 376 g/mol. The Morgan fingerprint density at radius 3 is 2.04 bits per heavy atom. The SMILES string of the molecule is CC(Oc1ccc(C(C)(C)C)cc1)C(=O)Nc1ccc(S(N)(=O)=O)cc1. The van der Waals surface area contributed by atoms with Gasteiger partial charge in [-0.05, 0) is 54.3 Å². The molecule has 0 aliphatic heterocycles. The van der Waals surface area contributed by atoms with Gasteiger partial charge in [0, 0.05) is 5.69 Å². The Bertz CT molecular complexity index is 867. The van der Waals surface area contributed by atoms with Crippen LogP contribution >= 0.6 is 0 Å². The maximum atomic E-state index is 12.2. The summed E-state index contributed by atoms with van der Waals surface area (Å²) in [5, 5.41) is 7.72. The second-order valence-electron chi connectivity index (χ2n) is 7.09. The third-order valence-corrected chi connectivity index (χ3v) is 4.78. The molecule has 0 spiro atoms. The van der Waals surface area contributed by atoms with Crippen LogP contribution in [0.5, 0.6) is 5.75 Å². The normalized spacial score (nSPS) is 13.1. The van der Waals surface area contributed by atoms with E-state index in [0.29, 0.717) is 11.4 Å². The zero-order valence-electron chi connectivity index (χ0n) is 15.3. The molecule has 0 aromatic heterocycles. The van der Waals surface area contributed by atoms with Gasteiger partial charge < -0.3 is 10.1 Å². The number of nitrogens with two attached hydrogens (primary N) is 1. The summed E-state index contributed by atoms with van der Waals surface area (Å²) < 4.78 is 28.1. The van der Waals surface area contributed by atoms with Crippen molar-refractivity contribution in [2.24, 2.45) is 5.14 Å². The minimum Gasteiger partial charge on any atom is -0.481 e. The summed E-state index contributed by atoms with van der Waals surface area (Å²) in [6.07, 6.45) is -0.714. The van der Waals surface area contributed by atoms with Gasteiger partial charge in [0.2, 0.25) is 10.0 Å². The number of nitrogens with one attached hydrogen (secondary N) is 1. The predicted octanol–water partition coefficient (Wildman–Crippen LogP) is 3.04. The average Bonchev–Trinajstić information content (AvgIpc) is 2.54. The van der Waals surface area contributed by atoms with Crippen molar-refractivity contribution in [3.63, 3.8) is 0 Å². The van der Waals surface area contributed by atoms with Crippen LogP contribution in [0, 0.1) is 0 Å².